The molecule has 7 nitrogen and oxygen atoms in total. The molecule has 1 N–H and O–H groups in total. The number of rotatable bonds is 9. The minimum Gasteiger partial charge on any atom is -0.349 e. The third kappa shape index (κ3) is 5.87. The van der Waals surface area contributed by atoms with E-state index in [0.29, 0.717) is 19.3 Å². The molecular formula is C35H44F2N4O3. The van der Waals surface area contributed by atoms with E-state index in [1.54, 1.807) is 0 Å². The van der Waals surface area contributed by atoms with Crippen LogP contribution in [-0.4, -0.2) is 68.7 Å². The number of alkyl halides is 2. The van der Waals surface area contributed by atoms with E-state index in [1.807, 2.05) is 79.4 Å². The zero-order valence-electron chi connectivity index (χ0n) is 25.8. The van der Waals surface area contributed by atoms with Crippen LogP contribution in [0.5, 0.6) is 0 Å². The van der Waals surface area contributed by atoms with E-state index in [0.717, 1.165) is 30.5 Å². The van der Waals surface area contributed by atoms with Crippen molar-refractivity contribution in [2.24, 2.45) is 5.92 Å². The number of amides is 4. The number of urea groups is 1. The first-order valence-electron chi connectivity index (χ1n) is 16.3. The molecule has 6 rings (SSSR count). The van der Waals surface area contributed by atoms with Gasteiger partial charge in [0.15, 0.2) is 0 Å². The highest BCUT2D eigenvalue weighted by atomic mass is 19.3. The van der Waals surface area contributed by atoms with Crippen LogP contribution in [0.3, 0.4) is 0 Å². The van der Waals surface area contributed by atoms with E-state index >= 15 is 0 Å². The summed E-state index contributed by atoms with van der Waals surface area (Å²) in [6, 6.07) is 19.3. The van der Waals surface area contributed by atoms with Crippen molar-refractivity contribution in [2.45, 2.75) is 114 Å². The Kier molecular flexibility index (Phi) is 8.52. The SMILES string of the molecule is CC(C)N1C(=O)N(Cc2ccccc2)C(=O)C12CC1CCC(C2)N1CC[C@H](NC(=O)C1CCC(F)(F)CC1)c1ccccc1. The summed E-state index contributed by atoms with van der Waals surface area (Å²) >= 11 is 0. The van der Waals surface area contributed by atoms with E-state index in [1.165, 1.54) is 4.90 Å². The summed E-state index contributed by atoms with van der Waals surface area (Å²) in [4.78, 5) is 46.9. The summed E-state index contributed by atoms with van der Waals surface area (Å²) in [5, 5.41) is 3.21. The van der Waals surface area contributed by atoms with E-state index in [4.69, 9.17) is 0 Å². The summed E-state index contributed by atoms with van der Waals surface area (Å²) < 4.78 is 27.5. The highest BCUT2D eigenvalue weighted by molar-refractivity contribution is 6.07. The van der Waals surface area contributed by atoms with Crippen LogP contribution < -0.4 is 5.32 Å². The van der Waals surface area contributed by atoms with Gasteiger partial charge in [-0.05, 0) is 69.9 Å². The molecule has 9 heteroatoms. The highest BCUT2D eigenvalue weighted by Crippen LogP contribution is 2.48. The van der Waals surface area contributed by atoms with Crippen LogP contribution in [0.1, 0.15) is 88.8 Å². The first-order valence-corrected chi connectivity index (χ1v) is 16.3. The molecule has 236 valence electrons. The normalized spacial score (nSPS) is 27.8. The first kappa shape index (κ1) is 30.7. The number of nitrogens with zero attached hydrogens (tertiary/aromatic N) is 3. The molecule has 2 bridgehead atoms. The molecule has 2 unspecified atom stereocenters. The summed E-state index contributed by atoms with van der Waals surface area (Å²) in [7, 11) is 0. The summed E-state index contributed by atoms with van der Waals surface area (Å²) in [5.74, 6) is -3.28. The Bertz CT molecular complexity index is 1330. The molecule has 3 heterocycles. The maximum Gasteiger partial charge on any atom is 0.328 e. The van der Waals surface area contributed by atoms with Crippen molar-refractivity contribution in [1.29, 1.82) is 0 Å². The number of carbonyl (C=O) groups excluding carboxylic acids is 3. The van der Waals surface area contributed by atoms with Gasteiger partial charge in [-0.2, -0.15) is 0 Å². The van der Waals surface area contributed by atoms with Crippen molar-refractivity contribution < 1.29 is 23.2 Å². The molecule has 3 aliphatic heterocycles. The van der Waals surface area contributed by atoms with Gasteiger partial charge in [0.2, 0.25) is 11.8 Å². The van der Waals surface area contributed by atoms with Crippen molar-refractivity contribution in [2.75, 3.05) is 6.54 Å². The number of benzene rings is 2. The van der Waals surface area contributed by atoms with E-state index in [2.05, 4.69) is 10.2 Å². The minimum absolute atomic E-state index is 0.0795. The number of piperidine rings is 1. The predicted molar refractivity (Wildman–Crippen MR) is 164 cm³/mol. The standard InChI is InChI=1S/C35H44F2N4O3/c1-24(2)41-33(44)40(23-25-9-5-3-6-10-25)32(43)34(41)21-28-13-14-29(22-34)39(28)20-17-30(26-11-7-4-8-12-26)38-31(42)27-15-18-35(36,37)19-16-27/h3-12,24,27-30H,13-23H2,1-2H3,(H,38,42)/t28?,29?,30-,34?/m0/s1. The van der Waals surface area contributed by atoms with Gasteiger partial charge in [0.25, 0.3) is 5.91 Å². The number of halogens is 2. The molecule has 0 aromatic heterocycles. The lowest BCUT2D eigenvalue weighted by atomic mass is 9.80. The quantitative estimate of drug-likeness (QED) is 0.340. The zero-order valence-corrected chi connectivity index (χ0v) is 25.8. The van der Waals surface area contributed by atoms with Crippen LogP contribution in [0.2, 0.25) is 0 Å². The predicted octanol–water partition coefficient (Wildman–Crippen LogP) is 6.30. The Morgan fingerprint density at radius 1 is 0.909 bits per heavy atom. The molecule has 44 heavy (non-hydrogen) atoms. The minimum atomic E-state index is -2.67. The molecular weight excluding hydrogens is 562 g/mol. The molecule has 4 amide bonds. The lowest BCUT2D eigenvalue weighted by Crippen LogP contribution is -2.61. The molecule has 1 spiro atoms. The number of hydrogen-bond donors (Lipinski definition) is 1. The molecule has 1 saturated carbocycles. The number of nitrogens with one attached hydrogen (secondary N) is 1. The van der Waals surface area contributed by atoms with Crippen LogP contribution in [0.4, 0.5) is 13.6 Å². The van der Waals surface area contributed by atoms with Crippen LogP contribution in [-0.2, 0) is 16.1 Å². The van der Waals surface area contributed by atoms with Gasteiger partial charge in [-0.25, -0.2) is 13.6 Å². The molecule has 3 atom stereocenters. The van der Waals surface area contributed by atoms with Gasteiger partial charge in [-0.1, -0.05) is 60.7 Å². The van der Waals surface area contributed by atoms with Gasteiger partial charge in [0.05, 0.1) is 12.6 Å². The molecule has 4 aliphatic rings. The van der Waals surface area contributed by atoms with Crippen molar-refractivity contribution in [3.8, 4) is 0 Å². The number of fused-ring (bicyclic) bond motifs is 2. The largest absolute Gasteiger partial charge is 0.349 e. The Hall–Kier alpha value is -3.33. The van der Waals surface area contributed by atoms with Crippen LogP contribution in [0.15, 0.2) is 60.7 Å². The lowest BCUT2D eigenvalue weighted by Gasteiger charge is -2.48. The van der Waals surface area contributed by atoms with Crippen molar-refractivity contribution >= 4 is 17.8 Å². The number of carbonyl (C=O) groups is 3. The number of hydrogen-bond acceptors (Lipinski definition) is 4. The van der Waals surface area contributed by atoms with Crippen LogP contribution >= 0.6 is 0 Å². The second-order valence-electron chi connectivity index (χ2n) is 13.6. The maximum atomic E-state index is 14.2. The smallest absolute Gasteiger partial charge is 0.328 e. The molecule has 2 aromatic carbocycles. The van der Waals surface area contributed by atoms with Gasteiger partial charge >= 0.3 is 6.03 Å². The topological polar surface area (TPSA) is 73.0 Å². The molecule has 0 radical (unpaired) electrons. The molecule has 1 aliphatic carbocycles. The monoisotopic (exact) mass is 606 g/mol. The van der Waals surface area contributed by atoms with Crippen LogP contribution in [0.25, 0.3) is 0 Å². The van der Waals surface area contributed by atoms with Gasteiger partial charge in [-0.3, -0.25) is 19.4 Å². The van der Waals surface area contributed by atoms with E-state index in [9.17, 15) is 23.2 Å². The van der Waals surface area contributed by atoms with Crippen LogP contribution in [0, 0.1) is 5.92 Å². The van der Waals surface area contributed by atoms with Crippen molar-refractivity contribution in [3.63, 3.8) is 0 Å². The van der Waals surface area contributed by atoms with Gasteiger partial charge in [0, 0.05) is 43.4 Å². The van der Waals surface area contributed by atoms with Crippen molar-refractivity contribution in [1.82, 2.24) is 20.0 Å². The second-order valence-corrected chi connectivity index (χ2v) is 13.6. The molecule has 2 aromatic rings. The maximum absolute atomic E-state index is 14.2. The summed E-state index contributed by atoms with van der Waals surface area (Å²) in [6.45, 7) is 5.01. The van der Waals surface area contributed by atoms with E-state index < -0.39 is 17.4 Å². The Morgan fingerprint density at radius 3 is 2.09 bits per heavy atom. The Balaban J connectivity index is 1.16. The average molecular weight is 607 g/mol. The van der Waals surface area contributed by atoms with Crippen molar-refractivity contribution in [3.05, 3.63) is 71.8 Å². The summed E-state index contributed by atoms with van der Waals surface area (Å²) in [5.41, 5.74) is 1.10. The van der Waals surface area contributed by atoms with Gasteiger partial charge in [-0.15, -0.1) is 0 Å². The lowest BCUT2D eigenvalue weighted by molar-refractivity contribution is -0.138. The average Bonchev–Trinajstić information content (AvgIpc) is 3.36. The second kappa shape index (κ2) is 12.2. The fourth-order valence-corrected chi connectivity index (χ4v) is 8.30. The first-order chi connectivity index (χ1) is 21.1. The third-order valence-electron chi connectivity index (χ3n) is 10.4. The third-order valence-corrected chi connectivity index (χ3v) is 10.4. The number of imide groups is 1. The highest BCUT2D eigenvalue weighted by Gasteiger charge is 2.63. The van der Waals surface area contributed by atoms with E-state index in [-0.39, 0.29) is 74.2 Å². The summed E-state index contributed by atoms with van der Waals surface area (Å²) in [6.07, 6.45) is 3.77. The van der Waals surface area contributed by atoms with Gasteiger partial charge in [0.1, 0.15) is 5.54 Å². The zero-order chi connectivity index (χ0) is 31.1. The molecule has 4 fully saturated rings. The Morgan fingerprint density at radius 2 is 1.50 bits per heavy atom. The fourth-order valence-electron chi connectivity index (χ4n) is 8.30. The molecule has 3 saturated heterocycles. The Labute approximate surface area is 259 Å². The fraction of sp³-hybridized carbons (Fsp3) is 0.571. The van der Waals surface area contributed by atoms with Gasteiger partial charge < -0.3 is 10.2 Å².